The quantitative estimate of drug-likeness (QED) is 0.912. The van der Waals surface area contributed by atoms with E-state index in [2.05, 4.69) is 9.97 Å². The lowest BCUT2D eigenvalue weighted by molar-refractivity contribution is 0.0692. The van der Waals surface area contributed by atoms with Crippen molar-refractivity contribution in [2.24, 2.45) is 5.41 Å². The first-order chi connectivity index (χ1) is 9.02. The molecule has 1 spiro atoms. The van der Waals surface area contributed by atoms with Crippen LogP contribution < -0.4 is 0 Å². The Morgan fingerprint density at radius 1 is 1.37 bits per heavy atom. The van der Waals surface area contributed by atoms with Crippen LogP contribution >= 0.6 is 11.3 Å². The molecule has 1 atom stereocenters. The van der Waals surface area contributed by atoms with Crippen molar-refractivity contribution >= 4 is 27.5 Å². The molecule has 2 fully saturated rings. The van der Waals surface area contributed by atoms with E-state index in [0.29, 0.717) is 11.3 Å². The predicted octanol–water partition coefficient (Wildman–Crippen LogP) is 3.27. The van der Waals surface area contributed by atoms with Gasteiger partial charge in [0.1, 0.15) is 10.7 Å². The number of hydrogen-bond acceptors (Lipinski definition) is 4. The zero-order chi connectivity index (χ0) is 13.4. The van der Waals surface area contributed by atoms with Crippen molar-refractivity contribution in [2.45, 2.75) is 39.0 Å². The monoisotopic (exact) mass is 274 g/mol. The largest absolute Gasteiger partial charge is 0.476 e. The smallest absolute Gasteiger partial charge is 0.355 e. The van der Waals surface area contributed by atoms with Crippen molar-refractivity contribution in [3.05, 3.63) is 22.0 Å². The molecule has 19 heavy (non-hydrogen) atoms. The van der Waals surface area contributed by atoms with Crippen molar-refractivity contribution in [3.63, 3.8) is 0 Å². The molecule has 0 radical (unpaired) electrons. The number of carbonyl (C=O) groups is 1. The van der Waals surface area contributed by atoms with Gasteiger partial charge in [0.25, 0.3) is 0 Å². The summed E-state index contributed by atoms with van der Waals surface area (Å²) in [6.45, 7) is 3.95. The van der Waals surface area contributed by atoms with Gasteiger partial charge in [0.2, 0.25) is 0 Å². The number of hydrogen-bond donors (Lipinski definition) is 1. The molecule has 0 aliphatic heterocycles. The highest BCUT2D eigenvalue weighted by molar-refractivity contribution is 7.18. The van der Waals surface area contributed by atoms with Crippen LogP contribution in [0.15, 0.2) is 0 Å². The number of aryl methyl sites for hydroxylation is 2. The molecule has 0 bridgehead atoms. The number of aromatic nitrogens is 2. The molecule has 2 aliphatic carbocycles. The maximum Gasteiger partial charge on any atom is 0.355 e. The van der Waals surface area contributed by atoms with Gasteiger partial charge < -0.3 is 5.11 Å². The standard InChI is InChI=1S/C14H14N2O2S/c1-6-7(2)19-12-9(6)10(13(17)18)15-11(16-12)8-5-14(8)3-4-14/h8H,3-5H2,1-2H3,(H,17,18). The number of rotatable bonds is 2. The molecule has 0 aromatic carbocycles. The Labute approximate surface area is 114 Å². The molecule has 4 nitrogen and oxygen atoms in total. The minimum absolute atomic E-state index is 0.185. The maximum atomic E-state index is 11.5. The molecule has 98 valence electrons. The number of nitrogens with zero attached hydrogens (tertiary/aromatic N) is 2. The molecule has 5 heteroatoms. The lowest BCUT2D eigenvalue weighted by atomic mass is 10.1. The molecule has 2 aliphatic rings. The maximum absolute atomic E-state index is 11.5. The number of thiophene rings is 1. The molecular weight excluding hydrogens is 260 g/mol. The van der Waals surface area contributed by atoms with Gasteiger partial charge in [-0.25, -0.2) is 14.8 Å². The summed E-state index contributed by atoms with van der Waals surface area (Å²) in [4.78, 5) is 22.4. The Hall–Kier alpha value is -1.49. The third-order valence-corrected chi connectivity index (χ3v) is 5.74. The summed E-state index contributed by atoms with van der Waals surface area (Å²) in [6, 6.07) is 0. The summed E-state index contributed by atoms with van der Waals surface area (Å²) in [5.41, 5.74) is 1.63. The fourth-order valence-electron chi connectivity index (χ4n) is 3.00. The van der Waals surface area contributed by atoms with Crippen LogP contribution in [-0.2, 0) is 0 Å². The summed E-state index contributed by atoms with van der Waals surface area (Å²) < 4.78 is 0. The molecular formula is C14H14N2O2S. The van der Waals surface area contributed by atoms with E-state index in [1.165, 1.54) is 12.8 Å². The normalized spacial score (nSPS) is 22.9. The first kappa shape index (κ1) is 11.3. The second-order valence-corrected chi connectivity index (χ2v) is 7.02. The van der Waals surface area contributed by atoms with Crippen molar-refractivity contribution < 1.29 is 9.90 Å². The summed E-state index contributed by atoms with van der Waals surface area (Å²) in [5.74, 6) is 0.210. The molecule has 1 N–H and O–H groups in total. The van der Waals surface area contributed by atoms with E-state index in [1.54, 1.807) is 11.3 Å². The van der Waals surface area contributed by atoms with Gasteiger partial charge in [0.05, 0.1) is 0 Å². The van der Waals surface area contributed by atoms with Gasteiger partial charge in [0.15, 0.2) is 5.69 Å². The Morgan fingerprint density at radius 2 is 2.11 bits per heavy atom. The first-order valence-electron chi connectivity index (χ1n) is 6.53. The summed E-state index contributed by atoms with van der Waals surface area (Å²) in [7, 11) is 0. The number of fused-ring (bicyclic) bond motifs is 1. The second kappa shape index (κ2) is 3.33. The van der Waals surface area contributed by atoms with Crippen LogP contribution in [0.4, 0.5) is 0 Å². The predicted molar refractivity (Wildman–Crippen MR) is 72.9 cm³/mol. The lowest BCUT2D eigenvalue weighted by Gasteiger charge is -2.03. The van der Waals surface area contributed by atoms with Crippen LogP contribution in [0.5, 0.6) is 0 Å². The van der Waals surface area contributed by atoms with Crippen molar-refractivity contribution in [2.75, 3.05) is 0 Å². The van der Waals surface area contributed by atoms with E-state index in [-0.39, 0.29) is 5.69 Å². The Bertz CT molecular complexity index is 731. The molecule has 2 heterocycles. The highest BCUT2D eigenvalue weighted by Gasteiger charge is 2.64. The van der Waals surface area contributed by atoms with E-state index in [9.17, 15) is 9.90 Å². The highest BCUT2D eigenvalue weighted by Crippen LogP contribution is 2.74. The number of carboxylic acid groups (broad SMARTS) is 1. The third-order valence-electron chi connectivity index (χ3n) is 4.64. The van der Waals surface area contributed by atoms with E-state index < -0.39 is 5.97 Å². The lowest BCUT2D eigenvalue weighted by Crippen LogP contribution is -2.06. The molecule has 0 saturated heterocycles. The van der Waals surface area contributed by atoms with Crippen molar-refractivity contribution in [1.82, 2.24) is 9.97 Å². The van der Waals surface area contributed by atoms with Crippen LogP contribution in [0.3, 0.4) is 0 Å². The number of aromatic carboxylic acids is 1. The van der Waals surface area contributed by atoms with E-state index >= 15 is 0 Å². The van der Waals surface area contributed by atoms with Crippen LogP contribution in [0, 0.1) is 19.3 Å². The molecule has 2 aromatic heterocycles. The SMILES string of the molecule is Cc1sc2nc(C3CC34CC4)nc(C(=O)O)c2c1C. The van der Waals surface area contributed by atoms with Crippen LogP contribution in [0.2, 0.25) is 0 Å². The third kappa shape index (κ3) is 1.48. The number of carboxylic acids is 1. The van der Waals surface area contributed by atoms with Crippen molar-refractivity contribution in [3.8, 4) is 0 Å². The van der Waals surface area contributed by atoms with E-state index in [1.807, 2.05) is 13.8 Å². The zero-order valence-corrected chi connectivity index (χ0v) is 11.7. The van der Waals surface area contributed by atoms with Gasteiger partial charge in [-0.1, -0.05) is 0 Å². The van der Waals surface area contributed by atoms with E-state index in [4.69, 9.17) is 0 Å². The average molecular weight is 274 g/mol. The summed E-state index contributed by atoms with van der Waals surface area (Å²) in [6.07, 6.45) is 3.65. The minimum atomic E-state index is -0.944. The average Bonchev–Trinajstić information content (AvgIpc) is 3.26. The van der Waals surface area contributed by atoms with Crippen LogP contribution in [-0.4, -0.2) is 21.0 Å². The van der Waals surface area contributed by atoms with Gasteiger partial charge in [-0.15, -0.1) is 11.3 Å². The topological polar surface area (TPSA) is 63.1 Å². The Morgan fingerprint density at radius 3 is 2.68 bits per heavy atom. The Kier molecular flexibility index (Phi) is 1.99. The summed E-state index contributed by atoms with van der Waals surface area (Å²) in [5, 5.41) is 10.1. The first-order valence-corrected chi connectivity index (χ1v) is 7.34. The fourth-order valence-corrected chi connectivity index (χ4v) is 4.04. The second-order valence-electron chi connectivity index (χ2n) is 5.82. The molecule has 2 aromatic rings. The van der Waals surface area contributed by atoms with Crippen molar-refractivity contribution in [1.29, 1.82) is 0 Å². The van der Waals surface area contributed by atoms with Gasteiger partial charge in [-0.05, 0) is 44.1 Å². The molecule has 0 amide bonds. The van der Waals surface area contributed by atoms with Gasteiger partial charge >= 0.3 is 5.97 Å². The van der Waals surface area contributed by atoms with E-state index in [0.717, 1.165) is 32.9 Å². The van der Waals surface area contributed by atoms with Gasteiger partial charge in [-0.3, -0.25) is 0 Å². The molecule has 2 saturated carbocycles. The van der Waals surface area contributed by atoms with Gasteiger partial charge in [-0.2, -0.15) is 0 Å². The molecule has 1 unspecified atom stereocenters. The van der Waals surface area contributed by atoms with Gasteiger partial charge in [0, 0.05) is 16.2 Å². The van der Waals surface area contributed by atoms with Crippen LogP contribution in [0.25, 0.3) is 10.2 Å². The minimum Gasteiger partial charge on any atom is -0.476 e. The van der Waals surface area contributed by atoms with Crippen LogP contribution in [0.1, 0.15) is 51.9 Å². The molecule has 4 rings (SSSR count). The fraction of sp³-hybridized carbons (Fsp3) is 0.500. The highest BCUT2D eigenvalue weighted by atomic mass is 32.1. The zero-order valence-electron chi connectivity index (χ0n) is 10.9. The Balaban J connectivity index is 1.95. The summed E-state index contributed by atoms with van der Waals surface area (Å²) >= 11 is 1.58.